The van der Waals surface area contributed by atoms with Crippen molar-refractivity contribution < 1.29 is 23.9 Å². The van der Waals surface area contributed by atoms with Crippen molar-refractivity contribution in [3.8, 4) is 6.07 Å². The zero-order valence-corrected chi connectivity index (χ0v) is 16.1. The van der Waals surface area contributed by atoms with E-state index in [0.29, 0.717) is 11.4 Å². The summed E-state index contributed by atoms with van der Waals surface area (Å²) in [6, 6.07) is 1.88. The molecule has 0 aliphatic heterocycles. The van der Waals surface area contributed by atoms with Gasteiger partial charge in [-0.1, -0.05) is 0 Å². The molecule has 1 N–H and O–H groups in total. The Hall–Kier alpha value is -2.47. The van der Waals surface area contributed by atoms with Crippen LogP contribution in [0.1, 0.15) is 50.2 Å². The molecule has 1 rings (SSSR count). The Morgan fingerprint density at radius 1 is 1.38 bits per heavy atom. The number of nitriles is 1. The molecule has 1 atom stereocenters. The number of thiazole rings is 1. The van der Waals surface area contributed by atoms with Crippen LogP contribution in [0.15, 0.2) is 5.38 Å². The summed E-state index contributed by atoms with van der Waals surface area (Å²) in [6.45, 7) is 6.80. The monoisotopic (exact) mass is 381 g/mol. The fraction of sp³-hybridized carbons (Fsp3) is 0.588. The standard InChI is InChI=1S/C17H23N3O5S/c1-11-10-26-15(20-11)12(8-18)13(21)9-24-14(22)6-5-7-19-16(23)25-17(2,3)4/h10,12H,5-7,9H2,1-4H3,(H,19,23)/t12-/m1/s1. The van der Waals surface area contributed by atoms with Crippen molar-refractivity contribution in [2.75, 3.05) is 13.2 Å². The molecule has 0 aliphatic carbocycles. The number of nitrogens with one attached hydrogen (secondary N) is 1. The highest BCUT2D eigenvalue weighted by Gasteiger charge is 2.24. The van der Waals surface area contributed by atoms with Gasteiger partial charge in [0.05, 0.1) is 6.07 Å². The predicted molar refractivity (Wildman–Crippen MR) is 94.6 cm³/mol. The van der Waals surface area contributed by atoms with E-state index in [1.807, 2.05) is 6.07 Å². The first kappa shape index (κ1) is 21.6. The lowest BCUT2D eigenvalue weighted by Gasteiger charge is -2.19. The van der Waals surface area contributed by atoms with E-state index in [9.17, 15) is 14.4 Å². The van der Waals surface area contributed by atoms with Gasteiger partial charge in [-0.25, -0.2) is 9.78 Å². The quantitative estimate of drug-likeness (QED) is 0.543. The van der Waals surface area contributed by atoms with Gasteiger partial charge in [-0.05, 0) is 34.1 Å². The lowest BCUT2D eigenvalue weighted by atomic mass is 10.1. The molecule has 1 heterocycles. The third-order valence-electron chi connectivity index (χ3n) is 2.94. The molecule has 26 heavy (non-hydrogen) atoms. The van der Waals surface area contributed by atoms with Crippen LogP contribution in [-0.4, -0.2) is 41.6 Å². The van der Waals surface area contributed by atoms with Crippen molar-refractivity contribution in [2.24, 2.45) is 0 Å². The number of amides is 1. The van der Waals surface area contributed by atoms with Gasteiger partial charge in [-0.2, -0.15) is 5.26 Å². The average Bonchev–Trinajstić information content (AvgIpc) is 2.94. The van der Waals surface area contributed by atoms with E-state index < -0.39 is 36.0 Å². The Morgan fingerprint density at radius 2 is 2.08 bits per heavy atom. The van der Waals surface area contributed by atoms with E-state index in [1.165, 1.54) is 11.3 Å². The third kappa shape index (κ3) is 8.07. The summed E-state index contributed by atoms with van der Waals surface area (Å²) in [7, 11) is 0. The zero-order valence-electron chi connectivity index (χ0n) is 15.3. The molecule has 1 aromatic heterocycles. The predicted octanol–water partition coefficient (Wildman–Crippen LogP) is 2.48. The maximum atomic E-state index is 12.0. The van der Waals surface area contributed by atoms with Gasteiger partial charge >= 0.3 is 12.1 Å². The number of carbonyl (C=O) groups is 3. The summed E-state index contributed by atoms with van der Waals surface area (Å²) in [6.07, 6.45) is -0.173. The van der Waals surface area contributed by atoms with Crippen molar-refractivity contribution in [1.29, 1.82) is 5.26 Å². The Bertz CT molecular complexity index is 687. The Kier molecular flexibility index (Phi) is 8.19. The van der Waals surface area contributed by atoms with E-state index >= 15 is 0 Å². The molecule has 9 heteroatoms. The van der Waals surface area contributed by atoms with E-state index in [2.05, 4.69) is 10.3 Å². The van der Waals surface area contributed by atoms with Gasteiger partial charge in [0.15, 0.2) is 18.3 Å². The van der Waals surface area contributed by atoms with E-state index in [0.717, 1.165) is 5.69 Å². The van der Waals surface area contributed by atoms with Gasteiger partial charge in [0, 0.05) is 24.0 Å². The fourth-order valence-corrected chi connectivity index (χ4v) is 2.68. The van der Waals surface area contributed by atoms with Gasteiger partial charge in [-0.15, -0.1) is 11.3 Å². The molecule has 0 aromatic carbocycles. The topological polar surface area (TPSA) is 118 Å². The second-order valence-corrected chi connectivity index (χ2v) is 7.44. The molecular weight excluding hydrogens is 358 g/mol. The number of ketones is 1. The summed E-state index contributed by atoms with van der Waals surface area (Å²) < 4.78 is 9.96. The first-order chi connectivity index (χ1) is 12.1. The number of ether oxygens (including phenoxy) is 2. The molecule has 0 aliphatic rings. The van der Waals surface area contributed by atoms with E-state index in [-0.39, 0.29) is 13.0 Å². The molecule has 0 saturated carbocycles. The van der Waals surface area contributed by atoms with Crippen molar-refractivity contribution in [2.45, 2.75) is 52.1 Å². The summed E-state index contributed by atoms with van der Waals surface area (Å²) >= 11 is 1.22. The van der Waals surface area contributed by atoms with Crippen LogP contribution in [0.4, 0.5) is 4.79 Å². The van der Waals surface area contributed by atoms with Crippen LogP contribution in [0.25, 0.3) is 0 Å². The van der Waals surface area contributed by atoms with Crippen molar-refractivity contribution >= 4 is 29.2 Å². The number of nitrogens with zero attached hydrogens (tertiary/aromatic N) is 2. The number of hydrogen-bond acceptors (Lipinski definition) is 8. The molecule has 0 saturated heterocycles. The van der Waals surface area contributed by atoms with Crippen LogP contribution >= 0.6 is 11.3 Å². The van der Waals surface area contributed by atoms with Crippen LogP contribution in [0, 0.1) is 18.3 Å². The molecular formula is C17H23N3O5S. The Morgan fingerprint density at radius 3 is 2.62 bits per heavy atom. The van der Waals surface area contributed by atoms with Gasteiger partial charge in [0.25, 0.3) is 0 Å². The Balaban J connectivity index is 2.28. The number of carbonyl (C=O) groups excluding carboxylic acids is 3. The summed E-state index contributed by atoms with van der Waals surface area (Å²) in [5.74, 6) is -2.12. The summed E-state index contributed by atoms with van der Waals surface area (Å²) in [4.78, 5) is 39.2. The van der Waals surface area contributed by atoms with Crippen molar-refractivity contribution in [3.63, 3.8) is 0 Å². The molecule has 0 bridgehead atoms. The average molecular weight is 381 g/mol. The highest BCUT2D eigenvalue weighted by atomic mass is 32.1. The number of aryl methyl sites for hydroxylation is 1. The molecule has 1 aromatic rings. The smallest absolute Gasteiger partial charge is 0.407 e. The lowest BCUT2D eigenvalue weighted by molar-refractivity contribution is -0.148. The van der Waals surface area contributed by atoms with Crippen LogP contribution in [0.3, 0.4) is 0 Å². The number of esters is 1. The molecule has 0 spiro atoms. The van der Waals surface area contributed by atoms with Crippen LogP contribution < -0.4 is 5.32 Å². The number of alkyl carbamates (subject to hydrolysis) is 1. The number of hydrogen-bond donors (Lipinski definition) is 1. The van der Waals surface area contributed by atoms with Crippen LogP contribution in [-0.2, 0) is 19.1 Å². The number of aromatic nitrogens is 1. The minimum Gasteiger partial charge on any atom is -0.458 e. The molecule has 0 unspecified atom stereocenters. The van der Waals surface area contributed by atoms with Crippen molar-refractivity contribution in [3.05, 3.63) is 16.1 Å². The normalized spacial score (nSPS) is 12.0. The summed E-state index contributed by atoms with van der Waals surface area (Å²) in [5, 5.41) is 13.8. The first-order valence-corrected chi connectivity index (χ1v) is 8.97. The van der Waals surface area contributed by atoms with Gasteiger partial charge in [0.2, 0.25) is 0 Å². The third-order valence-corrected chi connectivity index (χ3v) is 3.96. The molecule has 142 valence electrons. The van der Waals surface area contributed by atoms with Crippen molar-refractivity contribution in [1.82, 2.24) is 10.3 Å². The summed E-state index contributed by atoms with van der Waals surface area (Å²) in [5.41, 5.74) is 0.143. The minimum absolute atomic E-state index is 0.0384. The van der Waals surface area contributed by atoms with Crippen LogP contribution in [0.5, 0.6) is 0 Å². The molecule has 8 nitrogen and oxygen atoms in total. The molecule has 0 radical (unpaired) electrons. The minimum atomic E-state index is -1.03. The highest BCUT2D eigenvalue weighted by Crippen LogP contribution is 2.20. The fourth-order valence-electron chi connectivity index (χ4n) is 1.81. The maximum Gasteiger partial charge on any atom is 0.407 e. The largest absolute Gasteiger partial charge is 0.458 e. The van der Waals surface area contributed by atoms with Gasteiger partial charge in [0.1, 0.15) is 10.6 Å². The second kappa shape index (κ2) is 9.87. The Labute approximate surface area is 156 Å². The number of rotatable bonds is 8. The lowest BCUT2D eigenvalue weighted by Crippen LogP contribution is -2.33. The maximum absolute atomic E-state index is 12.0. The van der Waals surface area contributed by atoms with E-state index in [4.69, 9.17) is 14.7 Å². The number of Topliss-reactive ketones (excluding diaryl/α,β-unsaturated/α-hetero) is 1. The first-order valence-electron chi connectivity index (χ1n) is 8.09. The van der Waals surface area contributed by atoms with Gasteiger partial charge < -0.3 is 14.8 Å². The van der Waals surface area contributed by atoms with Crippen LogP contribution in [0.2, 0.25) is 0 Å². The SMILES string of the molecule is Cc1csc([C@H](C#N)C(=O)COC(=O)CCCNC(=O)OC(C)(C)C)n1. The molecule has 1 amide bonds. The second-order valence-electron chi connectivity index (χ2n) is 6.55. The van der Waals surface area contributed by atoms with E-state index in [1.54, 1.807) is 33.1 Å². The highest BCUT2D eigenvalue weighted by molar-refractivity contribution is 7.09. The van der Waals surface area contributed by atoms with Gasteiger partial charge in [-0.3, -0.25) is 9.59 Å². The zero-order chi connectivity index (χ0) is 19.7. The molecule has 0 fully saturated rings.